The lowest BCUT2D eigenvalue weighted by Crippen LogP contribution is -2.43. The van der Waals surface area contributed by atoms with Crippen LogP contribution in [0.2, 0.25) is 5.02 Å². The number of hydrogen-bond donors (Lipinski definition) is 1. The van der Waals surface area contributed by atoms with Gasteiger partial charge in [0.05, 0.1) is 0 Å². The molecule has 0 aliphatic heterocycles. The monoisotopic (exact) mass is 448 g/mol. The van der Waals surface area contributed by atoms with Crippen LogP contribution in [0, 0.1) is 0 Å². The van der Waals surface area contributed by atoms with Crippen LogP contribution < -0.4 is 5.32 Å². The Morgan fingerprint density at radius 3 is 2.12 bits per heavy atom. The minimum absolute atomic E-state index is 0.0655. The highest BCUT2D eigenvalue weighted by Gasteiger charge is 2.31. The Bertz CT molecular complexity index is 991. The second-order valence-corrected chi connectivity index (χ2v) is 8.17. The molecule has 1 atom stereocenters. The van der Waals surface area contributed by atoms with Crippen LogP contribution in [0.25, 0.3) is 0 Å². The fourth-order valence-corrected chi connectivity index (χ4v) is 3.73. The van der Waals surface area contributed by atoms with Gasteiger partial charge in [0.25, 0.3) is 0 Å². The molecule has 3 aromatic carbocycles. The first kappa shape index (κ1) is 23.6. The fraction of sp³-hybridized carbons (Fsp3) is 0.259. The van der Waals surface area contributed by atoms with Crippen molar-refractivity contribution < 1.29 is 9.59 Å². The number of nitrogens with zero attached hydrogens (tertiary/aromatic N) is 1. The summed E-state index contributed by atoms with van der Waals surface area (Å²) >= 11 is 6.05. The second kappa shape index (κ2) is 12.1. The Morgan fingerprint density at radius 2 is 1.50 bits per heavy atom. The Labute approximate surface area is 195 Å². The van der Waals surface area contributed by atoms with Gasteiger partial charge in [0, 0.05) is 24.5 Å². The summed E-state index contributed by atoms with van der Waals surface area (Å²) in [4.78, 5) is 28.4. The van der Waals surface area contributed by atoms with Crippen molar-refractivity contribution in [2.75, 3.05) is 6.54 Å². The van der Waals surface area contributed by atoms with E-state index in [1.54, 1.807) is 17.0 Å². The van der Waals surface area contributed by atoms with Gasteiger partial charge in [0.15, 0.2) is 0 Å². The standard InChI is InChI=1S/C27H29ClN2O2/c1-2-19-29-27(32)26(23-11-7-4-8-12-23)30(20-22-13-16-24(28)17-14-22)25(31)18-15-21-9-5-3-6-10-21/h3-14,16-17,26H,2,15,18-20H2,1H3,(H,29,32)/t26-/m1/s1. The molecule has 0 saturated heterocycles. The van der Waals surface area contributed by atoms with Crippen LogP contribution in [0.15, 0.2) is 84.9 Å². The molecule has 32 heavy (non-hydrogen) atoms. The molecule has 1 N–H and O–H groups in total. The van der Waals surface area contributed by atoms with Gasteiger partial charge in [0.1, 0.15) is 6.04 Å². The summed E-state index contributed by atoms with van der Waals surface area (Å²) < 4.78 is 0. The molecule has 0 radical (unpaired) electrons. The smallest absolute Gasteiger partial charge is 0.247 e. The molecule has 0 aliphatic carbocycles. The third-order valence-corrected chi connectivity index (χ3v) is 5.53. The van der Waals surface area contributed by atoms with Crippen LogP contribution >= 0.6 is 11.6 Å². The molecule has 0 saturated carbocycles. The highest BCUT2D eigenvalue weighted by atomic mass is 35.5. The van der Waals surface area contributed by atoms with Crippen LogP contribution in [0.5, 0.6) is 0 Å². The summed E-state index contributed by atoms with van der Waals surface area (Å²) in [6, 6.07) is 26.1. The van der Waals surface area contributed by atoms with E-state index in [0.717, 1.165) is 23.1 Å². The van der Waals surface area contributed by atoms with Gasteiger partial charge in [0.2, 0.25) is 11.8 Å². The Morgan fingerprint density at radius 1 is 0.875 bits per heavy atom. The molecule has 5 heteroatoms. The maximum atomic E-state index is 13.5. The van der Waals surface area contributed by atoms with Crippen LogP contribution in [-0.2, 0) is 22.6 Å². The molecule has 166 valence electrons. The minimum atomic E-state index is -0.707. The predicted octanol–water partition coefficient (Wildman–Crippen LogP) is 5.57. The minimum Gasteiger partial charge on any atom is -0.354 e. The fourth-order valence-electron chi connectivity index (χ4n) is 3.60. The first-order chi connectivity index (χ1) is 15.6. The molecular formula is C27H29ClN2O2. The van der Waals surface area contributed by atoms with Crippen molar-refractivity contribution in [2.24, 2.45) is 0 Å². The maximum Gasteiger partial charge on any atom is 0.247 e. The van der Waals surface area contributed by atoms with E-state index in [1.807, 2.05) is 79.7 Å². The van der Waals surface area contributed by atoms with E-state index < -0.39 is 6.04 Å². The third kappa shape index (κ3) is 6.69. The Balaban J connectivity index is 1.91. The number of halogens is 1. The van der Waals surface area contributed by atoms with Crippen LogP contribution in [0.1, 0.15) is 42.5 Å². The quantitative estimate of drug-likeness (QED) is 0.440. The van der Waals surface area contributed by atoms with Crippen LogP contribution in [-0.4, -0.2) is 23.3 Å². The van der Waals surface area contributed by atoms with Crippen molar-refractivity contribution >= 4 is 23.4 Å². The van der Waals surface area contributed by atoms with E-state index in [9.17, 15) is 9.59 Å². The molecule has 3 rings (SSSR count). The van der Waals surface area contributed by atoms with E-state index in [4.69, 9.17) is 11.6 Å². The molecule has 3 aromatic rings. The molecule has 2 amide bonds. The van der Waals surface area contributed by atoms with Gasteiger partial charge in [-0.25, -0.2) is 0 Å². The summed E-state index contributed by atoms with van der Waals surface area (Å²) in [6.45, 7) is 2.90. The van der Waals surface area contributed by atoms with Crippen molar-refractivity contribution in [3.63, 3.8) is 0 Å². The number of aryl methyl sites for hydroxylation is 1. The highest BCUT2D eigenvalue weighted by molar-refractivity contribution is 6.30. The number of hydrogen-bond acceptors (Lipinski definition) is 2. The number of carbonyl (C=O) groups excluding carboxylic acids is 2. The zero-order valence-electron chi connectivity index (χ0n) is 18.3. The summed E-state index contributed by atoms with van der Waals surface area (Å²) in [5.41, 5.74) is 2.81. The molecule has 4 nitrogen and oxygen atoms in total. The highest BCUT2D eigenvalue weighted by Crippen LogP contribution is 2.25. The number of nitrogens with one attached hydrogen (secondary N) is 1. The molecule has 0 aromatic heterocycles. The van der Waals surface area contributed by atoms with Gasteiger partial charge in [-0.3, -0.25) is 9.59 Å². The summed E-state index contributed by atoms with van der Waals surface area (Å²) in [6.07, 6.45) is 1.77. The van der Waals surface area contributed by atoms with Crippen LogP contribution in [0.4, 0.5) is 0 Å². The normalized spacial score (nSPS) is 11.6. The average Bonchev–Trinajstić information content (AvgIpc) is 2.83. The van der Waals surface area contributed by atoms with Gasteiger partial charge < -0.3 is 10.2 Å². The Kier molecular flexibility index (Phi) is 8.88. The molecule has 0 fully saturated rings. The summed E-state index contributed by atoms with van der Waals surface area (Å²) in [5, 5.41) is 3.62. The zero-order valence-corrected chi connectivity index (χ0v) is 19.1. The van der Waals surface area contributed by atoms with E-state index in [1.165, 1.54) is 0 Å². The molecule has 0 heterocycles. The number of rotatable bonds is 10. The largest absolute Gasteiger partial charge is 0.354 e. The molecule has 0 aliphatic rings. The van der Waals surface area contributed by atoms with Crippen molar-refractivity contribution in [2.45, 2.75) is 38.8 Å². The number of amides is 2. The van der Waals surface area contributed by atoms with Crippen molar-refractivity contribution in [3.05, 3.63) is 107 Å². The van der Waals surface area contributed by atoms with Gasteiger partial charge >= 0.3 is 0 Å². The lowest BCUT2D eigenvalue weighted by atomic mass is 10.0. The number of carbonyl (C=O) groups is 2. The molecule has 0 spiro atoms. The van der Waals surface area contributed by atoms with E-state index in [-0.39, 0.29) is 11.8 Å². The van der Waals surface area contributed by atoms with Gasteiger partial charge in [-0.2, -0.15) is 0 Å². The van der Waals surface area contributed by atoms with Gasteiger partial charge in [-0.15, -0.1) is 0 Å². The molecular weight excluding hydrogens is 420 g/mol. The third-order valence-electron chi connectivity index (χ3n) is 5.28. The summed E-state index contributed by atoms with van der Waals surface area (Å²) in [7, 11) is 0. The first-order valence-corrected chi connectivity index (χ1v) is 11.4. The Hall–Kier alpha value is -3.11. The SMILES string of the molecule is CCCNC(=O)[C@@H](c1ccccc1)N(Cc1ccc(Cl)cc1)C(=O)CCc1ccccc1. The lowest BCUT2D eigenvalue weighted by molar-refractivity contribution is -0.141. The summed E-state index contributed by atoms with van der Waals surface area (Å²) in [5.74, 6) is -0.232. The van der Waals surface area contributed by atoms with Gasteiger partial charge in [-0.1, -0.05) is 91.3 Å². The van der Waals surface area contributed by atoms with Gasteiger partial charge in [-0.05, 0) is 41.7 Å². The lowest BCUT2D eigenvalue weighted by Gasteiger charge is -2.32. The van der Waals surface area contributed by atoms with Crippen molar-refractivity contribution in [1.82, 2.24) is 10.2 Å². The number of benzene rings is 3. The van der Waals surface area contributed by atoms with E-state index in [0.29, 0.717) is 31.0 Å². The molecule has 0 unspecified atom stereocenters. The zero-order chi connectivity index (χ0) is 22.8. The molecule has 0 bridgehead atoms. The van der Waals surface area contributed by atoms with Crippen molar-refractivity contribution in [1.29, 1.82) is 0 Å². The maximum absolute atomic E-state index is 13.5. The van der Waals surface area contributed by atoms with Crippen molar-refractivity contribution in [3.8, 4) is 0 Å². The predicted molar refractivity (Wildman–Crippen MR) is 129 cm³/mol. The first-order valence-electron chi connectivity index (χ1n) is 11.0. The van der Waals surface area contributed by atoms with E-state index >= 15 is 0 Å². The average molecular weight is 449 g/mol. The topological polar surface area (TPSA) is 49.4 Å². The van der Waals surface area contributed by atoms with E-state index in [2.05, 4.69) is 5.32 Å². The van der Waals surface area contributed by atoms with Crippen LogP contribution in [0.3, 0.4) is 0 Å². The second-order valence-electron chi connectivity index (χ2n) is 7.74.